The lowest BCUT2D eigenvalue weighted by Crippen LogP contribution is -2.69. The summed E-state index contributed by atoms with van der Waals surface area (Å²) in [5.41, 5.74) is 3.19. The molecule has 4 aliphatic rings. The molecule has 2 bridgehead atoms. The summed E-state index contributed by atoms with van der Waals surface area (Å²) < 4.78 is 42.2. The number of hydrogen-bond acceptors (Lipinski definition) is 6. The first-order chi connectivity index (χ1) is 19.1. The van der Waals surface area contributed by atoms with Crippen LogP contribution in [0.15, 0.2) is 60.9 Å². The van der Waals surface area contributed by atoms with Crippen molar-refractivity contribution in [3.63, 3.8) is 0 Å². The Balaban J connectivity index is 1.37. The largest absolute Gasteiger partial charge is 0.487 e. The highest BCUT2D eigenvalue weighted by molar-refractivity contribution is 7.88. The number of rotatable bonds is 9. The highest BCUT2D eigenvalue weighted by Crippen LogP contribution is 2.62. The molecule has 1 saturated heterocycles. The summed E-state index contributed by atoms with van der Waals surface area (Å²) in [4.78, 5) is 14.0. The molecule has 0 radical (unpaired) electrons. The molecule has 2 aromatic carbocycles. The average Bonchev–Trinajstić information content (AvgIpc) is 3.23. The van der Waals surface area contributed by atoms with Crippen molar-refractivity contribution in [3.05, 3.63) is 77.6 Å². The van der Waals surface area contributed by atoms with Crippen LogP contribution < -0.4 is 4.74 Å². The predicted molar refractivity (Wildman–Crippen MR) is 154 cm³/mol. The number of carbonyl (C=O) groups is 1. The summed E-state index contributed by atoms with van der Waals surface area (Å²) in [5, 5.41) is 0. The lowest BCUT2D eigenvalue weighted by atomic mass is 9.51. The molecule has 7 nitrogen and oxygen atoms in total. The van der Waals surface area contributed by atoms with Gasteiger partial charge in [0.15, 0.2) is 0 Å². The molecule has 2 aliphatic heterocycles. The molecule has 1 spiro atoms. The maximum atomic E-state index is 14.1. The van der Waals surface area contributed by atoms with Crippen molar-refractivity contribution in [2.45, 2.75) is 75.8 Å². The van der Waals surface area contributed by atoms with Crippen molar-refractivity contribution in [2.75, 3.05) is 19.6 Å². The van der Waals surface area contributed by atoms with Crippen molar-refractivity contribution in [1.29, 1.82) is 0 Å². The molecule has 40 heavy (non-hydrogen) atoms. The molecule has 2 aliphatic carbocycles. The summed E-state index contributed by atoms with van der Waals surface area (Å²) in [6.45, 7) is 11.4. The maximum Gasteiger partial charge on any atom is 0.307 e. The number of piperidine rings is 1. The zero-order chi connectivity index (χ0) is 28.2. The first kappa shape index (κ1) is 27.5. The van der Waals surface area contributed by atoms with Crippen LogP contribution in [0.2, 0.25) is 0 Å². The number of ether oxygens (including phenoxy) is 2. The van der Waals surface area contributed by atoms with Gasteiger partial charge in [0.25, 0.3) is 0 Å². The Bertz CT molecular complexity index is 1410. The van der Waals surface area contributed by atoms with E-state index < -0.39 is 10.0 Å². The standard InChI is InChI=1S/C32H40N2O5S/c1-21(2)18-34(40(36,37)20-24-9-6-5-7-10-24)27-14-13-26-28-17-25-11-8-12-29-30(25)32(26,31(27)39-29)15-16-33(28)19-22(3)38-23(4)35/h5-12,21,26-28,31H,3,13-20H2,1-2,4H3/t26-,27-,28+,31-,32-/m0/s1. The zero-order valence-corrected chi connectivity index (χ0v) is 24.5. The van der Waals surface area contributed by atoms with Gasteiger partial charge in [-0.25, -0.2) is 8.42 Å². The first-order valence-corrected chi connectivity index (χ1v) is 16.1. The van der Waals surface area contributed by atoms with Gasteiger partial charge in [-0.15, -0.1) is 0 Å². The molecule has 6 rings (SSSR count). The van der Waals surface area contributed by atoms with Crippen LogP contribution in [0.1, 0.15) is 56.7 Å². The van der Waals surface area contributed by atoms with Crippen LogP contribution in [-0.4, -0.2) is 61.4 Å². The second-order valence-corrected chi connectivity index (χ2v) is 14.4. The predicted octanol–water partition coefficient (Wildman–Crippen LogP) is 4.66. The summed E-state index contributed by atoms with van der Waals surface area (Å²) in [6, 6.07) is 15.9. The molecule has 5 atom stereocenters. The van der Waals surface area contributed by atoms with Gasteiger partial charge in [0, 0.05) is 30.5 Å². The molecule has 1 saturated carbocycles. The van der Waals surface area contributed by atoms with Crippen LogP contribution in [0.25, 0.3) is 0 Å². The molecule has 0 amide bonds. The van der Waals surface area contributed by atoms with Gasteiger partial charge >= 0.3 is 5.97 Å². The Kier molecular flexibility index (Phi) is 7.08. The van der Waals surface area contributed by atoms with Crippen molar-refractivity contribution in [1.82, 2.24) is 9.21 Å². The summed E-state index contributed by atoms with van der Waals surface area (Å²) in [7, 11) is -3.59. The van der Waals surface area contributed by atoms with E-state index in [9.17, 15) is 13.2 Å². The average molecular weight is 565 g/mol. The molecule has 0 aromatic heterocycles. The number of benzene rings is 2. The van der Waals surface area contributed by atoms with Gasteiger partial charge in [-0.05, 0) is 61.3 Å². The highest BCUT2D eigenvalue weighted by Gasteiger charge is 2.66. The molecule has 214 valence electrons. The quantitative estimate of drug-likeness (QED) is 0.326. The van der Waals surface area contributed by atoms with E-state index in [1.807, 2.05) is 30.3 Å². The smallest absolute Gasteiger partial charge is 0.307 e. The van der Waals surface area contributed by atoms with Gasteiger partial charge in [-0.1, -0.05) is 62.9 Å². The Morgan fingerprint density at radius 1 is 1.18 bits per heavy atom. The van der Waals surface area contributed by atoms with E-state index in [1.165, 1.54) is 18.1 Å². The van der Waals surface area contributed by atoms with Crippen LogP contribution in [0.4, 0.5) is 0 Å². The monoisotopic (exact) mass is 564 g/mol. The van der Waals surface area contributed by atoms with Crippen LogP contribution in [0.5, 0.6) is 5.75 Å². The third kappa shape index (κ3) is 4.58. The fourth-order valence-electron chi connectivity index (χ4n) is 8.21. The van der Waals surface area contributed by atoms with E-state index in [1.54, 1.807) is 4.31 Å². The van der Waals surface area contributed by atoms with Crippen LogP contribution in [0, 0.1) is 11.8 Å². The number of sulfonamides is 1. The van der Waals surface area contributed by atoms with Gasteiger partial charge < -0.3 is 9.47 Å². The third-order valence-electron chi connectivity index (χ3n) is 9.43. The van der Waals surface area contributed by atoms with Crippen molar-refractivity contribution < 1.29 is 22.7 Å². The molecule has 0 unspecified atom stereocenters. The molecular formula is C32H40N2O5S. The minimum absolute atomic E-state index is 0.00687. The van der Waals surface area contributed by atoms with Crippen LogP contribution in [-0.2, 0) is 37.1 Å². The fraction of sp³-hybridized carbons (Fsp3) is 0.531. The fourth-order valence-corrected chi connectivity index (χ4v) is 10.1. The van der Waals surface area contributed by atoms with Gasteiger partial charge in [-0.2, -0.15) is 4.31 Å². The summed E-state index contributed by atoms with van der Waals surface area (Å²) in [6.07, 6.45) is 3.24. The Labute approximate surface area is 238 Å². The Morgan fingerprint density at radius 2 is 1.95 bits per heavy atom. The first-order valence-electron chi connectivity index (χ1n) is 14.5. The number of carbonyl (C=O) groups excluding carboxylic acids is 1. The third-order valence-corrected chi connectivity index (χ3v) is 11.3. The number of nitrogens with zero attached hydrogens (tertiary/aromatic N) is 2. The number of esters is 1. The van der Waals surface area contributed by atoms with Gasteiger partial charge in [-0.3, -0.25) is 9.69 Å². The second kappa shape index (κ2) is 10.3. The second-order valence-electron chi connectivity index (χ2n) is 12.4. The minimum Gasteiger partial charge on any atom is -0.487 e. The van der Waals surface area contributed by atoms with E-state index in [0.29, 0.717) is 24.8 Å². The summed E-state index contributed by atoms with van der Waals surface area (Å²) >= 11 is 0. The molecule has 8 heteroatoms. The van der Waals surface area contributed by atoms with E-state index in [2.05, 4.69) is 43.5 Å². The topological polar surface area (TPSA) is 76.2 Å². The van der Waals surface area contributed by atoms with Gasteiger partial charge in [0.2, 0.25) is 10.0 Å². The van der Waals surface area contributed by atoms with Crippen molar-refractivity contribution in [3.8, 4) is 5.75 Å². The normalized spacial score (nSPS) is 28.7. The van der Waals surface area contributed by atoms with Crippen molar-refractivity contribution >= 4 is 16.0 Å². The van der Waals surface area contributed by atoms with Gasteiger partial charge in [0.1, 0.15) is 17.6 Å². The van der Waals surface area contributed by atoms with E-state index in [4.69, 9.17) is 9.47 Å². The lowest BCUT2D eigenvalue weighted by molar-refractivity contribution is -0.137. The Morgan fingerprint density at radius 3 is 2.67 bits per heavy atom. The molecule has 2 heterocycles. The van der Waals surface area contributed by atoms with Gasteiger partial charge in [0.05, 0.1) is 18.3 Å². The van der Waals surface area contributed by atoms with E-state index in [-0.39, 0.29) is 41.2 Å². The molecule has 0 N–H and O–H groups in total. The highest BCUT2D eigenvalue weighted by atomic mass is 32.2. The zero-order valence-electron chi connectivity index (χ0n) is 23.7. The SMILES string of the molecule is C=C(CN1CC[C@]23c4c5cccc4O[C@H]2[C@@H](N(CC(C)C)S(=O)(=O)Cc2ccccc2)CC[C@H]3[C@H]1C5)OC(C)=O. The molecular weight excluding hydrogens is 524 g/mol. The van der Waals surface area contributed by atoms with Crippen LogP contribution in [0.3, 0.4) is 0 Å². The minimum atomic E-state index is -3.59. The van der Waals surface area contributed by atoms with E-state index in [0.717, 1.165) is 43.5 Å². The number of likely N-dealkylation sites (tertiary alicyclic amines) is 1. The lowest BCUT2D eigenvalue weighted by Gasteiger charge is -2.60. The maximum absolute atomic E-state index is 14.1. The molecule has 2 aromatic rings. The number of hydrogen-bond donors (Lipinski definition) is 0. The Hall–Kier alpha value is -2.68. The molecule has 2 fully saturated rings. The van der Waals surface area contributed by atoms with Crippen molar-refractivity contribution in [2.24, 2.45) is 11.8 Å². The van der Waals surface area contributed by atoms with E-state index >= 15 is 0 Å². The van der Waals surface area contributed by atoms with Crippen LogP contribution >= 0.6 is 0 Å². The summed E-state index contributed by atoms with van der Waals surface area (Å²) in [5.74, 6) is 1.58.